The predicted octanol–water partition coefficient (Wildman–Crippen LogP) is 2.48. The van der Waals surface area contributed by atoms with Crippen LogP contribution in [0.3, 0.4) is 0 Å². The van der Waals surface area contributed by atoms with E-state index >= 15 is 0 Å². The van der Waals surface area contributed by atoms with Gasteiger partial charge >= 0.3 is 0 Å². The maximum Gasteiger partial charge on any atom is 0.0235 e. The van der Waals surface area contributed by atoms with Crippen molar-refractivity contribution in [2.24, 2.45) is 0 Å². The quantitative estimate of drug-likeness (QED) is 0.730. The van der Waals surface area contributed by atoms with E-state index in [2.05, 4.69) is 40.1 Å². The molecule has 0 N–H and O–H groups in total. The number of piperazine rings is 1. The van der Waals surface area contributed by atoms with Gasteiger partial charge in [-0.1, -0.05) is 30.3 Å². The number of hydrogen-bond donors (Lipinski definition) is 0. The molecule has 0 saturated carbocycles. The van der Waals surface area contributed by atoms with Crippen molar-refractivity contribution < 1.29 is 0 Å². The van der Waals surface area contributed by atoms with E-state index < -0.39 is 0 Å². The molecule has 1 aliphatic heterocycles. The molecule has 0 spiro atoms. The molecule has 0 aliphatic carbocycles. The molecule has 3 heteroatoms. The van der Waals surface area contributed by atoms with E-state index in [1.807, 2.05) is 0 Å². The number of benzene rings is 1. The Bertz CT molecular complexity index is 321. The van der Waals surface area contributed by atoms with Crippen LogP contribution in [-0.4, -0.2) is 54.9 Å². The van der Waals surface area contributed by atoms with Gasteiger partial charge in [-0.05, 0) is 24.9 Å². The smallest absolute Gasteiger partial charge is 0.0235 e. The molecule has 1 aliphatic rings. The maximum atomic E-state index is 5.73. The zero-order valence-electron chi connectivity index (χ0n) is 11.0. The summed E-state index contributed by atoms with van der Waals surface area (Å²) in [7, 11) is 0. The van der Waals surface area contributed by atoms with Crippen LogP contribution < -0.4 is 0 Å². The molecule has 18 heavy (non-hydrogen) atoms. The minimum atomic E-state index is 0.786. The third kappa shape index (κ3) is 4.60. The van der Waals surface area contributed by atoms with Crippen molar-refractivity contribution in [1.29, 1.82) is 0 Å². The molecule has 0 amide bonds. The molecule has 0 bridgehead atoms. The van der Waals surface area contributed by atoms with Crippen LogP contribution in [0.1, 0.15) is 12.0 Å². The molecule has 1 aromatic rings. The van der Waals surface area contributed by atoms with E-state index in [4.69, 9.17) is 11.6 Å². The molecule has 1 aromatic carbocycles. The monoisotopic (exact) mass is 266 g/mol. The summed E-state index contributed by atoms with van der Waals surface area (Å²) < 4.78 is 0. The zero-order valence-corrected chi connectivity index (χ0v) is 11.8. The molecule has 0 atom stereocenters. The first kappa shape index (κ1) is 13.9. The third-order valence-corrected chi connectivity index (χ3v) is 3.90. The normalized spacial score (nSPS) is 18.1. The summed E-state index contributed by atoms with van der Waals surface area (Å²) in [5.41, 5.74) is 1.45. The number of halogens is 1. The number of nitrogens with zero attached hydrogens (tertiary/aromatic N) is 2. The second-order valence-electron chi connectivity index (χ2n) is 4.96. The van der Waals surface area contributed by atoms with E-state index in [0.717, 1.165) is 18.8 Å². The number of alkyl halides is 1. The maximum absolute atomic E-state index is 5.73. The van der Waals surface area contributed by atoms with Crippen LogP contribution in [0.15, 0.2) is 30.3 Å². The fraction of sp³-hybridized carbons (Fsp3) is 0.600. The average molecular weight is 267 g/mol. The van der Waals surface area contributed by atoms with Gasteiger partial charge in [-0.25, -0.2) is 0 Å². The number of hydrogen-bond acceptors (Lipinski definition) is 2. The Morgan fingerprint density at radius 2 is 1.50 bits per heavy atom. The van der Waals surface area contributed by atoms with Crippen LogP contribution in [0, 0.1) is 0 Å². The summed E-state index contributed by atoms with van der Waals surface area (Å²) in [5, 5.41) is 0. The Morgan fingerprint density at radius 3 is 2.11 bits per heavy atom. The lowest BCUT2D eigenvalue weighted by Crippen LogP contribution is -2.47. The van der Waals surface area contributed by atoms with Crippen LogP contribution in [0.25, 0.3) is 0 Å². The highest BCUT2D eigenvalue weighted by molar-refractivity contribution is 6.17. The van der Waals surface area contributed by atoms with Crippen molar-refractivity contribution in [2.75, 3.05) is 45.1 Å². The second-order valence-corrected chi connectivity index (χ2v) is 5.34. The Balaban J connectivity index is 1.65. The number of rotatable bonds is 6. The Labute approximate surface area is 116 Å². The SMILES string of the molecule is ClCCCN1CCN(CCc2ccccc2)CC1. The Hall–Kier alpha value is -0.570. The predicted molar refractivity (Wildman–Crippen MR) is 78.4 cm³/mol. The van der Waals surface area contributed by atoms with Gasteiger partial charge < -0.3 is 9.80 Å². The van der Waals surface area contributed by atoms with Crippen molar-refractivity contribution in [3.05, 3.63) is 35.9 Å². The first-order valence-electron chi connectivity index (χ1n) is 6.93. The summed E-state index contributed by atoms with van der Waals surface area (Å²) in [4.78, 5) is 5.10. The average Bonchev–Trinajstić information content (AvgIpc) is 2.45. The molecule has 0 unspecified atom stereocenters. The lowest BCUT2D eigenvalue weighted by Gasteiger charge is -2.34. The summed E-state index contributed by atoms with van der Waals surface area (Å²) in [6.45, 7) is 7.16. The first-order valence-corrected chi connectivity index (χ1v) is 7.46. The largest absolute Gasteiger partial charge is 0.301 e. The van der Waals surface area contributed by atoms with Crippen molar-refractivity contribution in [3.63, 3.8) is 0 Å². The topological polar surface area (TPSA) is 6.48 Å². The van der Waals surface area contributed by atoms with Gasteiger partial charge in [0.05, 0.1) is 0 Å². The lowest BCUT2D eigenvalue weighted by atomic mass is 10.1. The van der Waals surface area contributed by atoms with Gasteiger partial charge in [-0.15, -0.1) is 11.6 Å². The van der Waals surface area contributed by atoms with E-state index in [9.17, 15) is 0 Å². The zero-order chi connectivity index (χ0) is 12.6. The van der Waals surface area contributed by atoms with Gasteiger partial charge in [-0.3, -0.25) is 0 Å². The Kier molecular flexibility index (Phi) is 5.98. The fourth-order valence-corrected chi connectivity index (χ4v) is 2.57. The molecule has 1 fully saturated rings. The highest BCUT2D eigenvalue weighted by Gasteiger charge is 2.15. The second kappa shape index (κ2) is 7.78. The standard InChI is InChI=1S/C15H23ClN2/c16-8-4-9-17-11-13-18(14-12-17)10-7-15-5-2-1-3-6-15/h1-3,5-6H,4,7-14H2. The third-order valence-electron chi connectivity index (χ3n) is 3.63. The minimum absolute atomic E-state index is 0.786. The molecule has 1 saturated heterocycles. The van der Waals surface area contributed by atoms with Crippen LogP contribution in [0.2, 0.25) is 0 Å². The van der Waals surface area contributed by atoms with Crippen molar-refractivity contribution >= 4 is 11.6 Å². The van der Waals surface area contributed by atoms with E-state index in [0.29, 0.717) is 0 Å². The van der Waals surface area contributed by atoms with Gasteiger partial charge in [-0.2, -0.15) is 0 Å². The van der Waals surface area contributed by atoms with E-state index in [1.54, 1.807) is 0 Å². The minimum Gasteiger partial charge on any atom is -0.301 e. The van der Waals surface area contributed by atoms with Crippen molar-refractivity contribution in [1.82, 2.24) is 9.80 Å². The van der Waals surface area contributed by atoms with Crippen molar-refractivity contribution in [2.45, 2.75) is 12.8 Å². The molecule has 100 valence electrons. The first-order chi connectivity index (χ1) is 8.88. The molecular formula is C15H23ClN2. The van der Waals surface area contributed by atoms with Crippen LogP contribution in [-0.2, 0) is 6.42 Å². The van der Waals surface area contributed by atoms with E-state index in [1.165, 1.54) is 44.7 Å². The molecule has 0 radical (unpaired) electrons. The van der Waals surface area contributed by atoms with Gasteiger partial charge in [0.2, 0.25) is 0 Å². The van der Waals surface area contributed by atoms with Crippen LogP contribution in [0.5, 0.6) is 0 Å². The summed E-state index contributed by atoms with van der Waals surface area (Å²) in [5.74, 6) is 0.786. The molecular weight excluding hydrogens is 244 g/mol. The van der Waals surface area contributed by atoms with Crippen LogP contribution in [0.4, 0.5) is 0 Å². The van der Waals surface area contributed by atoms with Gasteiger partial charge in [0.25, 0.3) is 0 Å². The van der Waals surface area contributed by atoms with Crippen LogP contribution >= 0.6 is 11.6 Å². The van der Waals surface area contributed by atoms with Crippen molar-refractivity contribution in [3.8, 4) is 0 Å². The highest BCUT2D eigenvalue weighted by atomic mass is 35.5. The Morgan fingerprint density at radius 1 is 0.889 bits per heavy atom. The highest BCUT2D eigenvalue weighted by Crippen LogP contribution is 2.06. The molecule has 2 rings (SSSR count). The summed E-state index contributed by atoms with van der Waals surface area (Å²) in [6.07, 6.45) is 2.29. The fourth-order valence-electron chi connectivity index (χ4n) is 2.45. The van der Waals surface area contributed by atoms with E-state index in [-0.39, 0.29) is 0 Å². The lowest BCUT2D eigenvalue weighted by molar-refractivity contribution is 0.134. The molecule has 2 nitrogen and oxygen atoms in total. The van der Waals surface area contributed by atoms with Gasteiger partial charge in [0.1, 0.15) is 0 Å². The summed E-state index contributed by atoms with van der Waals surface area (Å²) >= 11 is 5.73. The summed E-state index contributed by atoms with van der Waals surface area (Å²) in [6, 6.07) is 10.8. The van der Waals surface area contributed by atoms with Gasteiger partial charge in [0, 0.05) is 38.6 Å². The molecule has 1 heterocycles. The van der Waals surface area contributed by atoms with Gasteiger partial charge in [0.15, 0.2) is 0 Å². The molecule has 0 aromatic heterocycles.